The molecule has 1 aliphatic rings. The average molecular weight is 422 g/mol. The van der Waals surface area contributed by atoms with Crippen LogP contribution < -0.4 is 5.32 Å². The summed E-state index contributed by atoms with van der Waals surface area (Å²) in [5.74, 6) is 0. The number of nitrogens with zero attached hydrogens (tertiary/aromatic N) is 4. The number of nitriles is 1. The summed E-state index contributed by atoms with van der Waals surface area (Å²) in [5.41, 5.74) is 8.50. The molecule has 4 aromatic rings. The standard InChI is InChI=1S/C27H27N5/c1-20-3-7-22(8-4-20)24-11-12-26-30-27(23-9-5-21(17-28)6-10-23)25(32(26)18-24)19-31-15-2-13-29-14-16-31/h3-12,18,29H,2,13-16,19H2,1H3. The predicted octanol–water partition coefficient (Wildman–Crippen LogP) is 4.64. The molecule has 2 aromatic carbocycles. The van der Waals surface area contributed by atoms with E-state index in [1.54, 1.807) is 0 Å². The summed E-state index contributed by atoms with van der Waals surface area (Å²) in [4.78, 5) is 7.52. The molecule has 1 saturated heterocycles. The first-order valence-electron chi connectivity index (χ1n) is 11.2. The number of aromatic nitrogens is 2. The van der Waals surface area contributed by atoms with Crippen molar-refractivity contribution >= 4 is 5.65 Å². The van der Waals surface area contributed by atoms with Crippen molar-refractivity contribution < 1.29 is 0 Å². The van der Waals surface area contributed by atoms with Gasteiger partial charge in [-0.1, -0.05) is 42.0 Å². The second kappa shape index (κ2) is 8.96. The molecule has 1 fully saturated rings. The Bertz CT molecular complexity index is 1250. The first-order chi connectivity index (χ1) is 15.7. The van der Waals surface area contributed by atoms with Crippen LogP contribution in [0, 0.1) is 18.3 Å². The number of rotatable bonds is 4. The molecule has 0 amide bonds. The molecular weight excluding hydrogens is 394 g/mol. The number of hydrogen-bond acceptors (Lipinski definition) is 4. The van der Waals surface area contributed by atoms with Crippen molar-refractivity contribution in [3.05, 3.63) is 83.7 Å². The number of hydrogen-bond donors (Lipinski definition) is 1. The molecule has 2 aromatic heterocycles. The van der Waals surface area contributed by atoms with Gasteiger partial charge in [0.15, 0.2) is 0 Å². The van der Waals surface area contributed by atoms with Crippen LogP contribution in [0.5, 0.6) is 0 Å². The van der Waals surface area contributed by atoms with E-state index in [0.717, 1.165) is 56.0 Å². The monoisotopic (exact) mass is 421 g/mol. The van der Waals surface area contributed by atoms with Crippen molar-refractivity contribution in [2.24, 2.45) is 0 Å². The van der Waals surface area contributed by atoms with Crippen LogP contribution in [0.25, 0.3) is 28.0 Å². The zero-order chi connectivity index (χ0) is 21.9. The minimum Gasteiger partial charge on any atom is -0.315 e. The third kappa shape index (κ3) is 4.16. The Balaban J connectivity index is 1.62. The zero-order valence-electron chi connectivity index (χ0n) is 18.4. The van der Waals surface area contributed by atoms with Crippen molar-refractivity contribution in [3.63, 3.8) is 0 Å². The van der Waals surface area contributed by atoms with Crippen LogP contribution in [-0.2, 0) is 6.54 Å². The van der Waals surface area contributed by atoms with Gasteiger partial charge in [-0.05, 0) is 61.8 Å². The van der Waals surface area contributed by atoms with Crippen LogP contribution in [0.2, 0.25) is 0 Å². The Hall–Kier alpha value is -3.46. The van der Waals surface area contributed by atoms with E-state index in [0.29, 0.717) is 5.56 Å². The molecule has 0 atom stereocenters. The maximum atomic E-state index is 9.18. The first-order valence-corrected chi connectivity index (χ1v) is 11.2. The van der Waals surface area contributed by atoms with Gasteiger partial charge in [0.05, 0.1) is 23.0 Å². The molecule has 0 unspecified atom stereocenters. The minimum absolute atomic E-state index is 0.666. The summed E-state index contributed by atoms with van der Waals surface area (Å²) in [6.45, 7) is 7.14. The van der Waals surface area contributed by atoms with Crippen molar-refractivity contribution in [2.45, 2.75) is 19.9 Å². The van der Waals surface area contributed by atoms with Gasteiger partial charge in [0, 0.05) is 31.4 Å². The van der Waals surface area contributed by atoms with E-state index in [4.69, 9.17) is 4.98 Å². The molecule has 0 bridgehead atoms. The molecule has 0 saturated carbocycles. The van der Waals surface area contributed by atoms with Crippen molar-refractivity contribution in [3.8, 4) is 28.5 Å². The van der Waals surface area contributed by atoms with Gasteiger partial charge < -0.3 is 9.72 Å². The fraction of sp³-hybridized carbons (Fsp3) is 0.259. The largest absolute Gasteiger partial charge is 0.315 e. The number of imidazole rings is 1. The molecular formula is C27H27N5. The molecule has 5 heteroatoms. The van der Waals surface area contributed by atoms with Gasteiger partial charge in [0.25, 0.3) is 0 Å². The fourth-order valence-electron chi connectivity index (χ4n) is 4.37. The van der Waals surface area contributed by atoms with Gasteiger partial charge in [-0.3, -0.25) is 4.90 Å². The molecule has 32 heavy (non-hydrogen) atoms. The molecule has 0 radical (unpaired) electrons. The second-order valence-corrected chi connectivity index (χ2v) is 8.49. The van der Waals surface area contributed by atoms with Crippen molar-refractivity contribution in [1.29, 1.82) is 5.26 Å². The number of pyridine rings is 1. The molecule has 5 rings (SSSR count). The van der Waals surface area contributed by atoms with Crippen molar-refractivity contribution in [1.82, 2.24) is 19.6 Å². The Kier molecular flexibility index (Phi) is 5.72. The highest BCUT2D eigenvalue weighted by molar-refractivity contribution is 5.70. The third-order valence-electron chi connectivity index (χ3n) is 6.20. The molecule has 0 aliphatic carbocycles. The van der Waals surface area contributed by atoms with Crippen LogP contribution in [0.1, 0.15) is 23.2 Å². The van der Waals surface area contributed by atoms with Crippen LogP contribution in [0.3, 0.4) is 0 Å². The summed E-state index contributed by atoms with van der Waals surface area (Å²) < 4.78 is 2.25. The number of aryl methyl sites for hydroxylation is 1. The van der Waals surface area contributed by atoms with Gasteiger partial charge in [0.1, 0.15) is 5.65 Å². The highest BCUT2D eigenvalue weighted by Crippen LogP contribution is 2.29. The topological polar surface area (TPSA) is 56.4 Å². The van der Waals surface area contributed by atoms with Crippen molar-refractivity contribution in [2.75, 3.05) is 26.2 Å². The lowest BCUT2D eigenvalue weighted by molar-refractivity contribution is 0.281. The van der Waals surface area contributed by atoms with Crippen LogP contribution in [-0.4, -0.2) is 40.5 Å². The highest BCUT2D eigenvalue weighted by atomic mass is 15.2. The lowest BCUT2D eigenvalue weighted by atomic mass is 10.1. The molecule has 3 heterocycles. The van der Waals surface area contributed by atoms with E-state index >= 15 is 0 Å². The predicted molar refractivity (Wildman–Crippen MR) is 128 cm³/mol. The first kappa shape index (κ1) is 20.4. The summed E-state index contributed by atoms with van der Waals surface area (Å²) in [6.07, 6.45) is 3.36. The van der Waals surface area contributed by atoms with E-state index in [2.05, 4.69) is 70.2 Å². The Morgan fingerprint density at radius 2 is 1.66 bits per heavy atom. The SMILES string of the molecule is Cc1ccc(-c2ccc3nc(-c4ccc(C#N)cc4)c(CN4CCCNCC4)n3c2)cc1. The van der Waals surface area contributed by atoms with E-state index in [9.17, 15) is 5.26 Å². The van der Waals surface area contributed by atoms with Gasteiger partial charge in [-0.2, -0.15) is 5.26 Å². The zero-order valence-corrected chi connectivity index (χ0v) is 18.4. The Morgan fingerprint density at radius 3 is 2.44 bits per heavy atom. The van der Waals surface area contributed by atoms with Gasteiger partial charge in [-0.15, -0.1) is 0 Å². The Labute approximate surface area is 188 Å². The smallest absolute Gasteiger partial charge is 0.137 e. The lowest BCUT2D eigenvalue weighted by Gasteiger charge is -2.20. The highest BCUT2D eigenvalue weighted by Gasteiger charge is 2.19. The molecule has 1 aliphatic heterocycles. The Morgan fingerprint density at radius 1 is 0.906 bits per heavy atom. The quantitative estimate of drug-likeness (QED) is 0.521. The number of fused-ring (bicyclic) bond motifs is 1. The summed E-state index contributed by atoms with van der Waals surface area (Å²) in [6, 6.07) is 22.9. The number of nitrogens with one attached hydrogen (secondary N) is 1. The van der Waals surface area contributed by atoms with E-state index in [1.807, 2.05) is 24.3 Å². The number of benzene rings is 2. The molecule has 5 nitrogen and oxygen atoms in total. The fourth-order valence-corrected chi connectivity index (χ4v) is 4.37. The van der Waals surface area contributed by atoms with Crippen LogP contribution in [0.4, 0.5) is 0 Å². The lowest BCUT2D eigenvalue weighted by Crippen LogP contribution is -2.28. The summed E-state index contributed by atoms with van der Waals surface area (Å²) >= 11 is 0. The van der Waals surface area contributed by atoms with E-state index in [1.165, 1.54) is 22.4 Å². The minimum atomic E-state index is 0.666. The molecule has 0 spiro atoms. The average Bonchev–Trinajstić information content (AvgIpc) is 2.99. The van der Waals surface area contributed by atoms with Gasteiger partial charge >= 0.3 is 0 Å². The summed E-state index contributed by atoms with van der Waals surface area (Å²) in [5, 5.41) is 12.7. The van der Waals surface area contributed by atoms with E-state index in [-0.39, 0.29) is 0 Å². The van der Waals surface area contributed by atoms with Crippen LogP contribution >= 0.6 is 0 Å². The van der Waals surface area contributed by atoms with Crippen LogP contribution in [0.15, 0.2) is 66.9 Å². The van der Waals surface area contributed by atoms with Gasteiger partial charge in [0.2, 0.25) is 0 Å². The van der Waals surface area contributed by atoms with E-state index < -0.39 is 0 Å². The molecule has 160 valence electrons. The molecule has 1 N–H and O–H groups in total. The third-order valence-corrected chi connectivity index (χ3v) is 6.20. The normalized spacial score (nSPS) is 14.9. The second-order valence-electron chi connectivity index (χ2n) is 8.49. The maximum Gasteiger partial charge on any atom is 0.137 e. The maximum absolute atomic E-state index is 9.18. The van der Waals surface area contributed by atoms with Gasteiger partial charge in [-0.25, -0.2) is 4.98 Å². The summed E-state index contributed by atoms with van der Waals surface area (Å²) in [7, 11) is 0.